The van der Waals surface area contributed by atoms with E-state index in [2.05, 4.69) is 13.8 Å². The molecule has 0 saturated heterocycles. The normalized spacial score (nSPS) is 17.7. The molecule has 180 valence electrons. The van der Waals surface area contributed by atoms with Crippen LogP contribution in [0.15, 0.2) is 42.5 Å². The molecular weight excluding hydrogens is 434 g/mol. The van der Waals surface area contributed by atoms with Gasteiger partial charge in [-0.15, -0.1) is 0 Å². The molecule has 2 atom stereocenters. The second kappa shape index (κ2) is 9.75. The highest BCUT2D eigenvalue weighted by atomic mass is 16.5. The molecule has 2 heterocycles. The summed E-state index contributed by atoms with van der Waals surface area (Å²) in [6, 6.07) is 12.5. The number of amides is 1. The van der Waals surface area contributed by atoms with Gasteiger partial charge in [0.15, 0.2) is 17.4 Å². The van der Waals surface area contributed by atoms with Gasteiger partial charge in [0.1, 0.15) is 0 Å². The summed E-state index contributed by atoms with van der Waals surface area (Å²) in [6.07, 6.45) is 0.783. The van der Waals surface area contributed by atoms with Gasteiger partial charge in [-0.2, -0.15) is 0 Å². The molecule has 4 rings (SSSR count). The van der Waals surface area contributed by atoms with Crippen LogP contribution in [0.3, 0.4) is 0 Å². The Labute approximate surface area is 199 Å². The first-order valence-electron chi connectivity index (χ1n) is 11.6. The quantitative estimate of drug-likeness (QED) is 0.366. The molecule has 2 aromatic carbocycles. The number of anilines is 1. The molecule has 1 aliphatic heterocycles. The van der Waals surface area contributed by atoms with E-state index in [1.165, 1.54) is 0 Å². The number of aromatic nitrogens is 2. The summed E-state index contributed by atoms with van der Waals surface area (Å²) in [5.41, 5.74) is 2.33. The monoisotopic (exact) mass is 465 g/mol. The number of benzene rings is 2. The fraction of sp³-hybridized carbons (Fsp3) is 0.423. The molecule has 0 bridgehead atoms. The lowest BCUT2D eigenvalue weighted by Crippen LogP contribution is -2.50. The molecule has 0 spiro atoms. The first-order valence-corrected chi connectivity index (χ1v) is 11.6. The van der Waals surface area contributed by atoms with Gasteiger partial charge in [0.2, 0.25) is 11.9 Å². The summed E-state index contributed by atoms with van der Waals surface area (Å²) < 4.78 is 18.3. The largest absolute Gasteiger partial charge is 0.493 e. The van der Waals surface area contributed by atoms with Crippen molar-refractivity contribution in [1.82, 2.24) is 9.55 Å². The van der Waals surface area contributed by atoms with E-state index in [9.17, 15) is 9.59 Å². The third-order valence-electron chi connectivity index (χ3n) is 6.16. The molecule has 1 aromatic heterocycles. The molecule has 3 aromatic rings. The van der Waals surface area contributed by atoms with Gasteiger partial charge < -0.3 is 18.8 Å². The molecule has 1 amide bonds. The highest BCUT2D eigenvalue weighted by molar-refractivity contribution is 6.08. The van der Waals surface area contributed by atoms with E-state index < -0.39 is 17.9 Å². The fourth-order valence-electron chi connectivity index (χ4n) is 4.48. The average Bonchev–Trinajstić information content (AvgIpc) is 3.21. The van der Waals surface area contributed by atoms with Crippen LogP contribution in [0.4, 0.5) is 5.95 Å². The van der Waals surface area contributed by atoms with Gasteiger partial charge in [-0.3, -0.25) is 14.5 Å². The molecular formula is C26H31N3O5. The van der Waals surface area contributed by atoms with E-state index in [4.69, 9.17) is 19.2 Å². The molecule has 8 heteroatoms. The topological polar surface area (TPSA) is 82.9 Å². The van der Waals surface area contributed by atoms with Crippen molar-refractivity contribution < 1.29 is 23.8 Å². The lowest BCUT2D eigenvalue weighted by molar-refractivity contribution is -0.153. The van der Waals surface area contributed by atoms with Crippen LogP contribution in [0.2, 0.25) is 0 Å². The lowest BCUT2D eigenvalue weighted by atomic mass is 9.89. The Morgan fingerprint density at radius 2 is 1.82 bits per heavy atom. The zero-order valence-electron chi connectivity index (χ0n) is 20.3. The number of esters is 1. The minimum Gasteiger partial charge on any atom is -0.493 e. The highest BCUT2D eigenvalue weighted by Gasteiger charge is 2.48. The van der Waals surface area contributed by atoms with Crippen LogP contribution in [0, 0.1) is 11.8 Å². The van der Waals surface area contributed by atoms with Gasteiger partial charge in [0, 0.05) is 6.54 Å². The number of fused-ring (bicyclic) bond motifs is 3. The Bertz CT molecular complexity index is 1200. The fourth-order valence-corrected chi connectivity index (χ4v) is 4.48. The van der Waals surface area contributed by atoms with Crippen molar-refractivity contribution in [3.05, 3.63) is 48.0 Å². The van der Waals surface area contributed by atoms with Crippen LogP contribution < -0.4 is 14.4 Å². The van der Waals surface area contributed by atoms with Gasteiger partial charge in [-0.05, 0) is 49.1 Å². The lowest BCUT2D eigenvalue weighted by Gasteiger charge is -2.38. The van der Waals surface area contributed by atoms with E-state index in [0.29, 0.717) is 29.9 Å². The van der Waals surface area contributed by atoms with Gasteiger partial charge >= 0.3 is 5.97 Å². The maximum absolute atomic E-state index is 13.9. The SMILES string of the molecule is CCOC(=O)[C@H]1C(=O)N(CCC(C)C)c2nc3ccccc3n2[C@H]1c1ccc(OC)c(OC)c1. The van der Waals surface area contributed by atoms with Crippen LogP contribution in [0.5, 0.6) is 11.5 Å². The maximum Gasteiger partial charge on any atom is 0.321 e. The van der Waals surface area contributed by atoms with Gasteiger partial charge in [-0.1, -0.05) is 32.0 Å². The minimum atomic E-state index is -1.06. The van der Waals surface area contributed by atoms with Gasteiger partial charge in [-0.25, -0.2) is 4.98 Å². The summed E-state index contributed by atoms with van der Waals surface area (Å²) >= 11 is 0. The maximum atomic E-state index is 13.9. The molecule has 0 aliphatic carbocycles. The van der Waals surface area contributed by atoms with E-state index in [1.54, 1.807) is 32.1 Å². The van der Waals surface area contributed by atoms with Crippen molar-refractivity contribution in [2.75, 3.05) is 32.3 Å². The molecule has 1 aliphatic rings. The molecule has 0 unspecified atom stereocenters. The van der Waals surface area contributed by atoms with Crippen molar-refractivity contribution in [2.45, 2.75) is 33.2 Å². The van der Waals surface area contributed by atoms with Crippen LogP contribution >= 0.6 is 0 Å². The van der Waals surface area contributed by atoms with Crippen LogP contribution in [-0.4, -0.2) is 48.8 Å². The predicted octanol–water partition coefficient (Wildman–Crippen LogP) is 4.21. The van der Waals surface area contributed by atoms with Crippen molar-refractivity contribution in [3.63, 3.8) is 0 Å². The summed E-state index contributed by atoms with van der Waals surface area (Å²) in [5.74, 6) is 0.0864. The summed E-state index contributed by atoms with van der Waals surface area (Å²) in [6.45, 7) is 6.60. The zero-order chi connectivity index (χ0) is 24.4. The van der Waals surface area contributed by atoms with E-state index >= 15 is 0 Å². The Balaban J connectivity index is 1.97. The summed E-state index contributed by atoms with van der Waals surface area (Å²) in [4.78, 5) is 33.6. The number of hydrogen-bond donors (Lipinski definition) is 0. The second-order valence-corrected chi connectivity index (χ2v) is 8.73. The molecule has 0 N–H and O–H groups in total. The molecule has 0 saturated carbocycles. The van der Waals surface area contributed by atoms with Gasteiger partial charge in [0.25, 0.3) is 0 Å². The number of nitrogens with zero attached hydrogens (tertiary/aromatic N) is 3. The third kappa shape index (κ3) is 4.08. The van der Waals surface area contributed by atoms with E-state index in [0.717, 1.165) is 23.0 Å². The summed E-state index contributed by atoms with van der Waals surface area (Å²) in [5, 5.41) is 0. The second-order valence-electron chi connectivity index (χ2n) is 8.73. The molecule has 8 nitrogen and oxygen atoms in total. The number of hydrogen-bond acceptors (Lipinski definition) is 6. The van der Waals surface area contributed by atoms with E-state index in [-0.39, 0.29) is 12.5 Å². The Kier molecular flexibility index (Phi) is 6.77. The first-order chi connectivity index (χ1) is 16.4. The number of imidazole rings is 1. The number of ether oxygens (including phenoxy) is 3. The standard InChI is InChI=1S/C26H31N3O5/c1-6-34-25(31)22-23(17-11-12-20(32-4)21(15-17)33-5)29-19-10-8-7-9-18(19)27-26(29)28(24(22)30)14-13-16(2)3/h7-12,15-16,22-23H,6,13-14H2,1-5H3/t22-,23+/m1/s1. The molecule has 0 radical (unpaired) electrons. The van der Waals surface area contributed by atoms with Crippen molar-refractivity contribution in [3.8, 4) is 11.5 Å². The number of rotatable bonds is 8. The third-order valence-corrected chi connectivity index (χ3v) is 6.16. The zero-order valence-corrected chi connectivity index (χ0v) is 20.3. The number of carbonyl (C=O) groups excluding carboxylic acids is 2. The van der Waals surface area contributed by atoms with Gasteiger partial charge in [0.05, 0.1) is 37.9 Å². The number of para-hydroxylation sites is 2. The smallest absolute Gasteiger partial charge is 0.321 e. The summed E-state index contributed by atoms with van der Waals surface area (Å²) in [7, 11) is 3.12. The predicted molar refractivity (Wildman–Crippen MR) is 129 cm³/mol. The number of methoxy groups -OCH3 is 2. The average molecular weight is 466 g/mol. The molecule has 0 fully saturated rings. The highest BCUT2D eigenvalue weighted by Crippen LogP contribution is 2.43. The minimum absolute atomic E-state index is 0.185. The number of carbonyl (C=O) groups is 2. The molecule has 34 heavy (non-hydrogen) atoms. The Morgan fingerprint density at radius 3 is 2.50 bits per heavy atom. The van der Waals surface area contributed by atoms with Crippen LogP contribution in [0.25, 0.3) is 11.0 Å². The van der Waals surface area contributed by atoms with Crippen LogP contribution in [0.1, 0.15) is 38.8 Å². The van der Waals surface area contributed by atoms with Crippen molar-refractivity contribution >= 4 is 28.9 Å². The Hall–Kier alpha value is -3.55. The first kappa shape index (κ1) is 23.6. The van der Waals surface area contributed by atoms with Crippen molar-refractivity contribution in [2.24, 2.45) is 11.8 Å². The van der Waals surface area contributed by atoms with Crippen LogP contribution in [-0.2, 0) is 14.3 Å². The Morgan fingerprint density at radius 1 is 1.09 bits per heavy atom. The van der Waals surface area contributed by atoms with E-state index in [1.807, 2.05) is 41.0 Å². The van der Waals surface area contributed by atoms with Crippen molar-refractivity contribution in [1.29, 1.82) is 0 Å².